The van der Waals surface area contributed by atoms with Gasteiger partial charge in [0, 0.05) is 21.8 Å². The summed E-state index contributed by atoms with van der Waals surface area (Å²) in [5.74, 6) is 0.447. The van der Waals surface area contributed by atoms with Gasteiger partial charge in [0.2, 0.25) is 5.95 Å². The van der Waals surface area contributed by atoms with Crippen molar-refractivity contribution in [1.82, 2.24) is 24.5 Å². The highest BCUT2D eigenvalue weighted by Crippen LogP contribution is 2.25. The molecule has 0 spiro atoms. The number of aromatic nitrogens is 5. The van der Waals surface area contributed by atoms with Crippen LogP contribution in [0.5, 0.6) is 5.75 Å². The molecule has 4 rings (SSSR count). The first-order valence-corrected chi connectivity index (χ1v) is 11.3. The maximum absolute atomic E-state index is 12.5. The number of hydrogen-bond donors (Lipinski definition) is 1. The maximum atomic E-state index is 12.5. The van der Waals surface area contributed by atoms with E-state index >= 15 is 0 Å². The zero-order chi connectivity index (χ0) is 24.3. The molecule has 2 aromatic carbocycles. The number of hydrogen-bond acceptors (Lipinski definition) is 5. The first-order chi connectivity index (χ1) is 16.2. The van der Waals surface area contributed by atoms with E-state index in [0.29, 0.717) is 16.6 Å². The Morgan fingerprint density at radius 2 is 1.71 bits per heavy atom. The minimum absolute atomic E-state index is 0.0785. The number of benzene rings is 2. The van der Waals surface area contributed by atoms with Gasteiger partial charge >= 0.3 is 0 Å². The van der Waals surface area contributed by atoms with Gasteiger partial charge in [-0.05, 0) is 41.3 Å². The molecule has 1 N–H and O–H groups in total. The molecule has 0 radical (unpaired) electrons. The number of amides is 1. The van der Waals surface area contributed by atoms with Gasteiger partial charge in [0.1, 0.15) is 12.1 Å². The minimum atomic E-state index is -0.429. The van der Waals surface area contributed by atoms with Crippen LogP contribution in [0.4, 0.5) is 5.95 Å². The summed E-state index contributed by atoms with van der Waals surface area (Å²) in [5, 5.41) is 12.2. The van der Waals surface area contributed by atoms with Gasteiger partial charge in [-0.1, -0.05) is 62.2 Å². The number of nitrogens with zero attached hydrogens (tertiary/aromatic N) is 5. The smallest absolute Gasteiger partial charge is 0.278 e. The molecule has 0 aliphatic carbocycles. The van der Waals surface area contributed by atoms with Crippen molar-refractivity contribution in [2.24, 2.45) is 0 Å². The summed E-state index contributed by atoms with van der Waals surface area (Å²) < 4.78 is 8.85. The lowest BCUT2D eigenvalue weighted by atomic mass is 9.87. The Hall–Kier alpha value is -3.36. The van der Waals surface area contributed by atoms with E-state index in [1.165, 1.54) is 16.6 Å². The van der Waals surface area contributed by atoms with Gasteiger partial charge in [0.25, 0.3) is 5.91 Å². The van der Waals surface area contributed by atoms with Crippen LogP contribution < -0.4 is 10.1 Å². The Morgan fingerprint density at radius 3 is 2.38 bits per heavy atom. The first-order valence-electron chi connectivity index (χ1n) is 10.6. The van der Waals surface area contributed by atoms with Gasteiger partial charge in [-0.2, -0.15) is 5.10 Å². The molecule has 176 valence electrons. The molecule has 2 aromatic heterocycles. The third kappa shape index (κ3) is 5.76. The van der Waals surface area contributed by atoms with Crippen molar-refractivity contribution in [3.63, 3.8) is 0 Å². The lowest BCUT2D eigenvalue weighted by Crippen LogP contribution is -2.15. The summed E-state index contributed by atoms with van der Waals surface area (Å²) in [6.45, 7) is 6.98. The van der Waals surface area contributed by atoms with E-state index in [4.69, 9.17) is 27.9 Å². The summed E-state index contributed by atoms with van der Waals surface area (Å²) in [5.41, 5.74) is 2.25. The second-order valence-electron chi connectivity index (χ2n) is 8.71. The second-order valence-corrected chi connectivity index (χ2v) is 9.52. The lowest BCUT2D eigenvalue weighted by molar-refractivity contribution is 0.101. The molecule has 0 fully saturated rings. The number of anilines is 1. The van der Waals surface area contributed by atoms with Crippen molar-refractivity contribution in [2.75, 3.05) is 5.32 Å². The van der Waals surface area contributed by atoms with Crippen molar-refractivity contribution in [3.05, 3.63) is 87.9 Å². The molecular formula is C24H24Cl2N6O2. The van der Waals surface area contributed by atoms with Gasteiger partial charge in [-0.3, -0.25) is 10.1 Å². The monoisotopic (exact) mass is 498 g/mol. The number of carbonyl (C=O) groups excluding carboxylic acids is 1. The summed E-state index contributed by atoms with van der Waals surface area (Å²) in [7, 11) is 0. The largest absolute Gasteiger partial charge is 0.471 e. The lowest BCUT2D eigenvalue weighted by Gasteiger charge is -2.19. The minimum Gasteiger partial charge on any atom is -0.471 e. The van der Waals surface area contributed by atoms with Crippen molar-refractivity contribution in [1.29, 1.82) is 0 Å². The van der Waals surface area contributed by atoms with Crippen LogP contribution in [-0.4, -0.2) is 30.5 Å². The van der Waals surface area contributed by atoms with E-state index < -0.39 is 5.91 Å². The third-order valence-corrected chi connectivity index (χ3v) is 5.81. The molecule has 8 nitrogen and oxygen atoms in total. The second kappa shape index (κ2) is 9.87. The Morgan fingerprint density at radius 1 is 1.00 bits per heavy atom. The van der Waals surface area contributed by atoms with Crippen molar-refractivity contribution < 1.29 is 9.53 Å². The average molecular weight is 499 g/mol. The highest BCUT2D eigenvalue weighted by molar-refractivity contribution is 6.35. The molecule has 0 saturated heterocycles. The molecule has 34 heavy (non-hydrogen) atoms. The van der Waals surface area contributed by atoms with E-state index in [9.17, 15) is 4.79 Å². The van der Waals surface area contributed by atoms with E-state index in [1.54, 1.807) is 35.1 Å². The number of carbonyl (C=O) groups is 1. The molecule has 0 aliphatic heterocycles. The SMILES string of the molecule is CC(C)(C)c1ccc(OCn2ccc(C(=O)Nc3ncn(Cc4c(Cl)cccc4Cl)n3)n2)cc1. The van der Waals surface area contributed by atoms with E-state index in [0.717, 1.165) is 11.3 Å². The molecule has 0 unspecified atom stereocenters. The third-order valence-electron chi connectivity index (χ3n) is 5.10. The van der Waals surface area contributed by atoms with Crippen LogP contribution in [0.15, 0.2) is 61.1 Å². The molecule has 0 saturated carbocycles. The highest BCUT2D eigenvalue weighted by Gasteiger charge is 2.15. The zero-order valence-electron chi connectivity index (χ0n) is 19.0. The Kier molecular flexibility index (Phi) is 6.90. The summed E-state index contributed by atoms with van der Waals surface area (Å²) in [6, 6.07) is 14.8. The Balaban J connectivity index is 1.33. The van der Waals surface area contributed by atoms with Gasteiger partial charge in [-0.15, -0.1) is 5.10 Å². The average Bonchev–Trinajstić information content (AvgIpc) is 3.44. The number of nitrogens with one attached hydrogen (secondary N) is 1. The van der Waals surface area contributed by atoms with Crippen molar-refractivity contribution in [3.8, 4) is 5.75 Å². The highest BCUT2D eigenvalue weighted by atomic mass is 35.5. The number of halogens is 2. The quantitative estimate of drug-likeness (QED) is 0.367. The molecule has 10 heteroatoms. The molecular weight excluding hydrogens is 475 g/mol. The van der Waals surface area contributed by atoms with E-state index in [2.05, 4.69) is 41.3 Å². The first kappa shape index (κ1) is 23.8. The standard InChI is InChI=1S/C24H24Cl2N6O2/c1-24(2,3)16-7-9-17(10-8-16)34-15-31-12-11-21(29-31)22(33)28-23-27-14-32(30-23)13-18-19(25)5-4-6-20(18)26/h4-12,14H,13,15H2,1-3H3,(H,28,30,33). The van der Waals surface area contributed by atoms with Gasteiger partial charge in [0.15, 0.2) is 12.4 Å². The molecule has 0 aliphatic rings. The van der Waals surface area contributed by atoms with Crippen LogP contribution in [0.25, 0.3) is 0 Å². The topological polar surface area (TPSA) is 86.9 Å². The predicted molar refractivity (Wildman–Crippen MR) is 132 cm³/mol. The number of rotatable bonds is 7. The van der Waals surface area contributed by atoms with Crippen LogP contribution in [-0.2, 0) is 18.7 Å². The summed E-state index contributed by atoms with van der Waals surface area (Å²) >= 11 is 12.4. The van der Waals surface area contributed by atoms with E-state index in [1.807, 2.05) is 24.3 Å². The molecule has 0 bridgehead atoms. The molecule has 4 aromatic rings. The fourth-order valence-electron chi connectivity index (χ4n) is 3.19. The van der Waals surface area contributed by atoms with Crippen LogP contribution in [0.2, 0.25) is 10.0 Å². The van der Waals surface area contributed by atoms with Gasteiger partial charge < -0.3 is 4.74 Å². The number of ether oxygens (including phenoxy) is 1. The van der Waals surface area contributed by atoms with Crippen molar-refractivity contribution >= 4 is 35.1 Å². The van der Waals surface area contributed by atoms with Gasteiger partial charge in [-0.25, -0.2) is 14.3 Å². The zero-order valence-corrected chi connectivity index (χ0v) is 20.5. The predicted octanol–water partition coefficient (Wildman–Crippen LogP) is 5.42. The fraction of sp³-hybridized carbons (Fsp3) is 0.250. The fourth-order valence-corrected chi connectivity index (χ4v) is 3.70. The maximum Gasteiger partial charge on any atom is 0.278 e. The summed E-state index contributed by atoms with van der Waals surface area (Å²) in [6.07, 6.45) is 3.16. The Bertz CT molecular complexity index is 1270. The molecule has 2 heterocycles. The van der Waals surface area contributed by atoms with Crippen LogP contribution in [0.3, 0.4) is 0 Å². The van der Waals surface area contributed by atoms with E-state index in [-0.39, 0.29) is 23.8 Å². The van der Waals surface area contributed by atoms with Crippen LogP contribution in [0, 0.1) is 0 Å². The Labute approximate surface area is 207 Å². The van der Waals surface area contributed by atoms with Gasteiger partial charge in [0.05, 0.1) is 6.54 Å². The normalized spacial score (nSPS) is 11.4. The molecule has 0 atom stereocenters. The van der Waals surface area contributed by atoms with Crippen LogP contribution in [0.1, 0.15) is 42.4 Å². The molecule has 1 amide bonds. The van der Waals surface area contributed by atoms with Crippen molar-refractivity contribution in [2.45, 2.75) is 39.5 Å². The van der Waals surface area contributed by atoms with Crippen LogP contribution >= 0.6 is 23.2 Å². The summed E-state index contributed by atoms with van der Waals surface area (Å²) in [4.78, 5) is 16.7.